The van der Waals surface area contributed by atoms with E-state index < -0.39 is 0 Å². The molecule has 2 rings (SSSR count). The second-order valence-corrected chi connectivity index (χ2v) is 6.16. The molecule has 0 aromatic rings. The lowest BCUT2D eigenvalue weighted by Gasteiger charge is -2.31. The second kappa shape index (κ2) is 5.55. The molecule has 0 aromatic heterocycles. The standard InChI is InChI=1S/C12H23NOS/c1-15-12(6-2-3-7-12)10-13-11-5-4-8-14-9-11/h11,13H,2-10H2,1H3. The number of hydrogen-bond acceptors (Lipinski definition) is 3. The Kier molecular flexibility index (Phi) is 4.35. The molecule has 1 aliphatic carbocycles. The van der Waals surface area contributed by atoms with Gasteiger partial charge in [0.25, 0.3) is 0 Å². The first-order valence-electron chi connectivity index (χ1n) is 6.21. The van der Waals surface area contributed by atoms with Gasteiger partial charge in [0, 0.05) is 23.9 Å². The molecule has 1 aliphatic heterocycles. The predicted octanol–water partition coefficient (Wildman–Crippen LogP) is 2.43. The van der Waals surface area contributed by atoms with Gasteiger partial charge < -0.3 is 10.1 Å². The fourth-order valence-corrected chi connectivity index (χ4v) is 3.63. The molecule has 1 heterocycles. The first kappa shape index (κ1) is 11.7. The molecule has 0 bridgehead atoms. The zero-order chi connectivity index (χ0) is 10.6. The van der Waals surface area contributed by atoms with Crippen LogP contribution in [0.3, 0.4) is 0 Å². The third-order valence-corrected chi connectivity index (χ3v) is 5.24. The lowest BCUT2D eigenvalue weighted by molar-refractivity contribution is 0.0697. The Morgan fingerprint density at radius 3 is 2.73 bits per heavy atom. The summed E-state index contributed by atoms with van der Waals surface area (Å²) in [6.07, 6.45) is 10.4. The van der Waals surface area contributed by atoms with Crippen molar-refractivity contribution in [2.45, 2.75) is 49.3 Å². The lowest BCUT2D eigenvalue weighted by Crippen LogP contribution is -2.44. The average Bonchev–Trinajstić information content (AvgIpc) is 2.77. The monoisotopic (exact) mass is 229 g/mol. The van der Waals surface area contributed by atoms with Crippen LogP contribution in [0.1, 0.15) is 38.5 Å². The molecule has 2 fully saturated rings. The number of thioether (sulfide) groups is 1. The Labute approximate surface area is 97.5 Å². The minimum atomic E-state index is 0.539. The van der Waals surface area contributed by atoms with Crippen LogP contribution >= 0.6 is 11.8 Å². The van der Waals surface area contributed by atoms with E-state index in [-0.39, 0.29) is 0 Å². The van der Waals surface area contributed by atoms with Gasteiger partial charge in [0.05, 0.1) is 6.61 Å². The summed E-state index contributed by atoms with van der Waals surface area (Å²) in [5.74, 6) is 0. The lowest BCUT2D eigenvalue weighted by atomic mass is 10.1. The van der Waals surface area contributed by atoms with Crippen molar-refractivity contribution in [3.8, 4) is 0 Å². The van der Waals surface area contributed by atoms with Gasteiger partial charge in [-0.1, -0.05) is 12.8 Å². The van der Waals surface area contributed by atoms with Gasteiger partial charge in [-0.2, -0.15) is 11.8 Å². The van der Waals surface area contributed by atoms with Gasteiger partial charge in [-0.3, -0.25) is 0 Å². The van der Waals surface area contributed by atoms with E-state index in [4.69, 9.17) is 4.74 Å². The van der Waals surface area contributed by atoms with Crippen LogP contribution in [-0.4, -0.2) is 36.8 Å². The maximum Gasteiger partial charge on any atom is 0.0619 e. The van der Waals surface area contributed by atoms with E-state index in [1.807, 2.05) is 0 Å². The average molecular weight is 229 g/mol. The summed E-state index contributed by atoms with van der Waals surface area (Å²) in [6.45, 7) is 3.07. The molecule has 0 amide bonds. The van der Waals surface area contributed by atoms with Crippen molar-refractivity contribution in [1.82, 2.24) is 5.32 Å². The minimum absolute atomic E-state index is 0.539. The molecule has 88 valence electrons. The fraction of sp³-hybridized carbons (Fsp3) is 1.00. The molecular formula is C12H23NOS. The highest BCUT2D eigenvalue weighted by Crippen LogP contribution is 2.39. The molecular weight excluding hydrogens is 206 g/mol. The number of ether oxygens (including phenoxy) is 1. The zero-order valence-corrected chi connectivity index (χ0v) is 10.6. The molecule has 0 spiro atoms. The van der Waals surface area contributed by atoms with E-state index in [0.29, 0.717) is 10.8 Å². The summed E-state index contributed by atoms with van der Waals surface area (Å²) in [4.78, 5) is 0. The molecule has 2 nitrogen and oxygen atoms in total. The second-order valence-electron chi connectivity index (χ2n) is 4.89. The van der Waals surface area contributed by atoms with Crippen molar-refractivity contribution >= 4 is 11.8 Å². The van der Waals surface area contributed by atoms with Crippen molar-refractivity contribution in [2.75, 3.05) is 26.0 Å². The molecule has 1 saturated carbocycles. The third kappa shape index (κ3) is 3.11. The van der Waals surface area contributed by atoms with E-state index in [9.17, 15) is 0 Å². The third-order valence-electron chi connectivity index (χ3n) is 3.82. The summed E-state index contributed by atoms with van der Waals surface area (Å²) in [7, 11) is 0. The quantitative estimate of drug-likeness (QED) is 0.800. The first-order chi connectivity index (χ1) is 7.35. The van der Waals surface area contributed by atoms with Gasteiger partial charge in [0.2, 0.25) is 0 Å². The largest absolute Gasteiger partial charge is 0.380 e. The normalized spacial score (nSPS) is 30.6. The summed E-state index contributed by atoms with van der Waals surface area (Å²) < 4.78 is 6.03. The topological polar surface area (TPSA) is 21.3 Å². The maximum atomic E-state index is 5.49. The molecule has 15 heavy (non-hydrogen) atoms. The first-order valence-corrected chi connectivity index (χ1v) is 7.43. The van der Waals surface area contributed by atoms with Crippen LogP contribution in [0.25, 0.3) is 0 Å². The number of nitrogens with one attached hydrogen (secondary N) is 1. The van der Waals surface area contributed by atoms with Crippen LogP contribution in [0, 0.1) is 0 Å². The van der Waals surface area contributed by atoms with Crippen LogP contribution in [0.5, 0.6) is 0 Å². The van der Waals surface area contributed by atoms with Crippen molar-refractivity contribution in [2.24, 2.45) is 0 Å². The molecule has 0 aromatic carbocycles. The van der Waals surface area contributed by atoms with Crippen LogP contribution in [0.2, 0.25) is 0 Å². The number of hydrogen-bond donors (Lipinski definition) is 1. The highest BCUT2D eigenvalue weighted by Gasteiger charge is 2.33. The summed E-state index contributed by atoms with van der Waals surface area (Å²) in [5, 5.41) is 3.71. The van der Waals surface area contributed by atoms with Gasteiger partial charge in [-0.15, -0.1) is 0 Å². The van der Waals surface area contributed by atoms with Crippen molar-refractivity contribution < 1.29 is 4.74 Å². The van der Waals surface area contributed by atoms with E-state index in [1.54, 1.807) is 0 Å². The highest BCUT2D eigenvalue weighted by atomic mass is 32.2. The Bertz CT molecular complexity index is 186. The molecule has 1 saturated heterocycles. The maximum absolute atomic E-state index is 5.49. The molecule has 2 aliphatic rings. The summed E-state index contributed by atoms with van der Waals surface area (Å²) in [5.41, 5.74) is 0. The Morgan fingerprint density at radius 1 is 1.33 bits per heavy atom. The molecule has 1 atom stereocenters. The van der Waals surface area contributed by atoms with E-state index in [1.165, 1.54) is 45.1 Å². The predicted molar refractivity (Wildman–Crippen MR) is 66.6 cm³/mol. The SMILES string of the molecule is CSC1(CNC2CCCOC2)CCCC1. The van der Waals surface area contributed by atoms with Gasteiger partial charge in [-0.25, -0.2) is 0 Å². The van der Waals surface area contributed by atoms with Crippen LogP contribution in [0.4, 0.5) is 0 Å². The van der Waals surface area contributed by atoms with Gasteiger partial charge in [0.15, 0.2) is 0 Å². The smallest absolute Gasteiger partial charge is 0.0619 e. The molecule has 1 N–H and O–H groups in total. The van der Waals surface area contributed by atoms with Crippen molar-refractivity contribution in [3.05, 3.63) is 0 Å². The van der Waals surface area contributed by atoms with E-state index in [0.717, 1.165) is 13.2 Å². The van der Waals surface area contributed by atoms with Crippen molar-refractivity contribution in [3.63, 3.8) is 0 Å². The fourth-order valence-electron chi connectivity index (χ4n) is 2.70. The van der Waals surface area contributed by atoms with Crippen LogP contribution < -0.4 is 5.32 Å². The molecule has 1 unspecified atom stereocenters. The highest BCUT2D eigenvalue weighted by molar-refractivity contribution is 8.00. The van der Waals surface area contributed by atoms with E-state index >= 15 is 0 Å². The van der Waals surface area contributed by atoms with Crippen LogP contribution in [0.15, 0.2) is 0 Å². The van der Waals surface area contributed by atoms with Crippen LogP contribution in [-0.2, 0) is 4.74 Å². The summed E-state index contributed by atoms with van der Waals surface area (Å²) in [6, 6.07) is 0.614. The number of rotatable bonds is 4. The molecule has 3 heteroatoms. The Hall–Kier alpha value is 0.270. The summed E-state index contributed by atoms with van der Waals surface area (Å²) >= 11 is 2.07. The Balaban J connectivity index is 1.75. The Morgan fingerprint density at radius 2 is 2.13 bits per heavy atom. The van der Waals surface area contributed by atoms with Gasteiger partial charge in [-0.05, 0) is 31.9 Å². The van der Waals surface area contributed by atoms with E-state index in [2.05, 4.69) is 23.3 Å². The zero-order valence-electron chi connectivity index (χ0n) is 9.76. The van der Waals surface area contributed by atoms with Gasteiger partial charge >= 0.3 is 0 Å². The van der Waals surface area contributed by atoms with Gasteiger partial charge in [0.1, 0.15) is 0 Å². The molecule has 0 radical (unpaired) electrons. The minimum Gasteiger partial charge on any atom is -0.380 e. The van der Waals surface area contributed by atoms with Crippen molar-refractivity contribution in [1.29, 1.82) is 0 Å².